The quantitative estimate of drug-likeness (QED) is 0.765. The van der Waals surface area contributed by atoms with Crippen LogP contribution in [0.5, 0.6) is 0 Å². The molecular weight excluding hydrogens is 288 g/mol. The second-order valence-corrected chi connectivity index (χ2v) is 6.17. The summed E-state index contributed by atoms with van der Waals surface area (Å²) in [5.74, 6) is -1.01. The predicted octanol–water partition coefficient (Wildman–Crippen LogP) is 1.31. The van der Waals surface area contributed by atoms with E-state index in [0.717, 1.165) is 0 Å². The highest BCUT2D eigenvalue weighted by atomic mass is 16.6. The van der Waals surface area contributed by atoms with Crippen molar-refractivity contribution in [2.75, 3.05) is 13.7 Å². The fourth-order valence-corrected chi connectivity index (χ4v) is 2.43. The number of carbonyl (C=O) groups is 2. The Bertz CT molecular complexity index is 576. The number of methoxy groups -OCH3 is 1. The van der Waals surface area contributed by atoms with E-state index in [1.54, 1.807) is 25.5 Å². The summed E-state index contributed by atoms with van der Waals surface area (Å²) in [4.78, 5) is 25.8. The number of aryl methyl sites for hydroxylation is 1. The maximum absolute atomic E-state index is 12.3. The lowest BCUT2D eigenvalue weighted by Crippen LogP contribution is -2.44. The molecule has 1 amide bonds. The van der Waals surface area contributed by atoms with Crippen molar-refractivity contribution in [3.05, 3.63) is 11.4 Å². The molecule has 0 unspecified atom stereocenters. The van der Waals surface area contributed by atoms with Gasteiger partial charge in [-0.2, -0.15) is 0 Å². The SMILES string of the molecule is CCn1nnc2c1[C@H](C(=O)OC)CN(C(=O)OC(C)(C)C)C2. The van der Waals surface area contributed by atoms with Crippen molar-refractivity contribution in [2.45, 2.75) is 52.3 Å². The maximum Gasteiger partial charge on any atom is 0.410 e. The third-order valence-corrected chi connectivity index (χ3v) is 3.36. The third kappa shape index (κ3) is 3.20. The van der Waals surface area contributed by atoms with Crippen LogP contribution < -0.4 is 0 Å². The number of rotatable bonds is 2. The number of ether oxygens (including phenoxy) is 2. The number of hydrogen-bond acceptors (Lipinski definition) is 6. The first kappa shape index (κ1) is 16.3. The van der Waals surface area contributed by atoms with Crippen molar-refractivity contribution < 1.29 is 19.1 Å². The van der Waals surface area contributed by atoms with E-state index in [9.17, 15) is 9.59 Å². The molecule has 2 heterocycles. The standard InChI is InChI=1S/C14H22N4O4/c1-6-18-11-9(12(19)21-5)7-17(8-10(11)15-16-18)13(20)22-14(2,3)4/h9H,6-8H2,1-5H3/t9-/m1/s1. The van der Waals surface area contributed by atoms with Gasteiger partial charge < -0.3 is 14.4 Å². The number of carbonyl (C=O) groups excluding carboxylic acids is 2. The number of aromatic nitrogens is 3. The molecule has 2 rings (SSSR count). The summed E-state index contributed by atoms with van der Waals surface area (Å²) < 4.78 is 11.9. The van der Waals surface area contributed by atoms with Crippen molar-refractivity contribution in [3.8, 4) is 0 Å². The van der Waals surface area contributed by atoms with Crippen LogP contribution in [0.3, 0.4) is 0 Å². The molecule has 1 atom stereocenters. The van der Waals surface area contributed by atoms with Crippen molar-refractivity contribution >= 4 is 12.1 Å². The zero-order valence-corrected chi connectivity index (χ0v) is 13.6. The summed E-state index contributed by atoms with van der Waals surface area (Å²) in [6, 6.07) is 0. The summed E-state index contributed by atoms with van der Waals surface area (Å²) in [7, 11) is 1.33. The lowest BCUT2D eigenvalue weighted by atomic mass is 9.98. The van der Waals surface area contributed by atoms with Gasteiger partial charge in [-0.1, -0.05) is 5.21 Å². The van der Waals surface area contributed by atoms with Gasteiger partial charge in [-0.05, 0) is 27.7 Å². The molecule has 0 saturated carbocycles. The highest BCUT2D eigenvalue weighted by Gasteiger charge is 2.38. The first-order valence-electron chi connectivity index (χ1n) is 7.24. The summed E-state index contributed by atoms with van der Waals surface area (Å²) in [5.41, 5.74) is 0.725. The number of nitrogens with zero attached hydrogens (tertiary/aromatic N) is 4. The molecule has 1 aromatic rings. The molecule has 1 aliphatic heterocycles. The van der Waals surface area contributed by atoms with Crippen LogP contribution in [0.2, 0.25) is 0 Å². The molecular formula is C14H22N4O4. The zero-order chi connectivity index (χ0) is 16.5. The molecule has 0 bridgehead atoms. The number of fused-ring (bicyclic) bond motifs is 1. The summed E-state index contributed by atoms with van der Waals surface area (Å²) in [6.07, 6.45) is -0.474. The molecule has 0 fully saturated rings. The maximum atomic E-state index is 12.3. The number of hydrogen-bond donors (Lipinski definition) is 0. The Morgan fingerprint density at radius 3 is 2.59 bits per heavy atom. The first-order chi connectivity index (χ1) is 10.3. The molecule has 0 spiro atoms. The first-order valence-corrected chi connectivity index (χ1v) is 7.24. The molecule has 0 aliphatic carbocycles. The highest BCUT2D eigenvalue weighted by Crippen LogP contribution is 2.29. The van der Waals surface area contributed by atoms with Crippen LogP contribution in [0.1, 0.15) is 45.0 Å². The van der Waals surface area contributed by atoms with Gasteiger partial charge in [-0.15, -0.1) is 5.10 Å². The van der Waals surface area contributed by atoms with Gasteiger partial charge in [-0.25, -0.2) is 9.48 Å². The van der Waals surface area contributed by atoms with E-state index in [2.05, 4.69) is 10.3 Å². The molecule has 1 aliphatic rings. The molecule has 0 saturated heterocycles. The van der Waals surface area contributed by atoms with Crippen LogP contribution in [0.25, 0.3) is 0 Å². The van der Waals surface area contributed by atoms with Gasteiger partial charge in [0.1, 0.15) is 17.2 Å². The largest absolute Gasteiger partial charge is 0.468 e. The Morgan fingerprint density at radius 1 is 1.36 bits per heavy atom. The molecule has 8 nitrogen and oxygen atoms in total. The number of amides is 1. The molecule has 0 radical (unpaired) electrons. The minimum atomic E-state index is -0.601. The third-order valence-electron chi connectivity index (χ3n) is 3.36. The molecule has 1 aromatic heterocycles. The van der Waals surface area contributed by atoms with Crippen molar-refractivity contribution in [1.29, 1.82) is 0 Å². The predicted molar refractivity (Wildman–Crippen MR) is 77.1 cm³/mol. The van der Waals surface area contributed by atoms with Crippen LogP contribution in [0, 0.1) is 0 Å². The molecule has 8 heteroatoms. The van der Waals surface area contributed by atoms with Crippen LogP contribution >= 0.6 is 0 Å². The Kier molecular flexibility index (Phi) is 4.39. The van der Waals surface area contributed by atoms with E-state index >= 15 is 0 Å². The van der Waals surface area contributed by atoms with Gasteiger partial charge in [0.05, 0.1) is 19.3 Å². The van der Waals surface area contributed by atoms with Gasteiger partial charge >= 0.3 is 12.1 Å². The fraction of sp³-hybridized carbons (Fsp3) is 0.714. The van der Waals surface area contributed by atoms with E-state index in [1.807, 2.05) is 6.92 Å². The lowest BCUT2D eigenvalue weighted by Gasteiger charge is -2.32. The minimum Gasteiger partial charge on any atom is -0.468 e. The van der Waals surface area contributed by atoms with E-state index in [-0.39, 0.29) is 13.1 Å². The zero-order valence-electron chi connectivity index (χ0n) is 13.6. The summed E-state index contributed by atoms with van der Waals surface area (Å²) in [6.45, 7) is 8.38. The van der Waals surface area contributed by atoms with Crippen molar-refractivity contribution in [1.82, 2.24) is 19.9 Å². The van der Waals surface area contributed by atoms with E-state index in [0.29, 0.717) is 17.9 Å². The van der Waals surface area contributed by atoms with Crippen molar-refractivity contribution in [3.63, 3.8) is 0 Å². The smallest absolute Gasteiger partial charge is 0.410 e. The monoisotopic (exact) mass is 310 g/mol. The average Bonchev–Trinajstić information content (AvgIpc) is 2.86. The second-order valence-electron chi connectivity index (χ2n) is 6.17. The van der Waals surface area contributed by atoms with E-state index in [1.165, 1.54) is 12.0 Å². The fourth-order valence-electron chi connectivity index (χ4n) is 2.43. The van der Waals surface area contributed by atoms with Gasteiger partial charge in [0.15, 0.2) is 0 Å². The van der Waals surface area contributed by atoms with E-state index in [4.69, 9.17) is 9.47 Å². The average molecular weight is 310 g/mol. The van der Waals surface area contributed by atoms with Gasteiger partial charge in [0, 0.05) is 13.1 Å². The van der Waals surface area contributed by atoms with Gasteiger partial charge in [0.2, 0.25) is 0 Å². The van der Waals surface area contributed by atoms with Crippen LogP contribution in [-0.2, 0) is 27.4 Å². The van der Waals surface area contributed by atoms with Crippen LogP contribution in [0.4, 0.5) is 4.79 Å². The molecule has 122 valence electrons. The summed E-state index contributed by atoms with van der Waals surface area (Å²) in [5, 5.41) is 8.11. The molecule has 0 aromatic carbocycles. The van der Waals surface area contributed by atoms with Crippen LogP contribution in [0.15, 0.2) is 0 Å². The van der Waals surface area contributed by atoms with Crippen molar-refractivity contribution in [2.24, 2.45) is 0 Å². The highest BCUT2D eigenvalue weighted by molar-refractivity contribution is 5.80. The molecule has 0 N–H and O–H groups in total. The Balaban J connectivity index is 2.29. The van der Waals surface area contributed by atoms with Crippen LogP contribution in [-0.4, -0.2) is 51.2 Å². The Hall–Kier alpha value is -2.12. The van der Waals surface area contributed by atoms with E-state index < -0.39 is 23.6 Å². The summed E-state index contributed by atoms with van der Waals surface area (Å²) >= 11 is 0. The normalized spacial score (nSPS) is 17.9. The topological polar surface area (TPSA) is 86.6 Å². The lowest BCUT2D eigenvalue weighted by molar-refractivity contribution is -0.143. The Labute approximate surface area is 129 Å². The molecule has 22 heavy (non-hydrogen) atoms. The minimum absolute atomic E-state index is 0.196. The van der Waals surface area contributed by atoms with Gasteiger partial charge in [-0.3, -0.25) is 4.79 Å². The Morgan fingerprint density at radius 2 is 2.05 bits per heavy atom. The van der Waals surface area contributed by atoms with Gasteiger partial charge in [0.25, 0.3) is 0 Å². The second kappa shape index (κ2) is 5.94. The number of esters is 1.